The van der Waals surface area contributed by atoms with Gasteiger partial charge in [0.2, 0.25) is 0 Å². The Labute approximate surface area is 176 Å². The fraction of sp³-hybridized carbons (Fsp3) is 0.227. The largest absolute Gasteiger partial charge is 0.493 e. The maximum absolute atomic E-state index is 13.3. The average molecular weight is 425 g/mol. The van der Waals surface area contributed by atoms with Crippen molar-refractivity contribution < 1.29 is 14.3 Å². The molecule has 7 heteroatoms. The number of nitrogens with zero attached hydrogens (tertiary/aromatic N) is 1. The highest BCUT2D eigenvalue weighted by atomic mass is 35.5. The lowest BCUT2D eigenvalue weighted by molar-refractivity contribution is 0.217. The summed E-state index contributed by atoms with van der Waals surface area (Å²) >= 11 is 7.58. The second kappa shape index (κ2) is 6.15. The van der Waals surface area contributed by atoms with Gasteiger partial charge in [0.1, 0.15) is 23.6 Å². The molecule has 0 saturated carbocycles. The lowest BCUT2D eigenvalue weighted by atomic mass is 9.81. The van der Waals surface area contributed by atoms with Gasteiger partial charge in [0.25, 0.3) is 0 Å². The fourth-order valence-corrected chi connectivity index (χ4v) is 5.57. The summed E-state index contributed by atoms with van der Waals surface area (Å²) in [4.78, 5) is 16.1. The topological polar surface area (TPSA) is 50.8 Å². The Morgan fingerprint density at radius 3 is 2.86 bits per heavy atom. The maximum Gasteiger partial charge on any atom is 0.323 e. The molecule has 3 aliphatic heterocycles. The number of halogens is 1. The number of ether oxygens (including phenoxy) is 2. The van der Waals surface area contributed by atoms with E-state index in [1.54, 1.807) is 4.90 Å². The van der Waals surface area contributed by atoms with Crippen LogP contribution in [0, 0.1) is 0 Å². The Morgan fingerprint density at radius 1 is 1.10 bits per heavy atom. The highest BCUT2D eigenvalue weighted by molar-refractivity contribution is 7.16. The smallest absolute Gasteiger partial charge is 0.323 e. The van der Waals surface area contributed by atoms with Crippen molar-refractivity contribution in [2.45, 2.75) is 18.5 Å². The van der Waals surface area contributed by atoms with Crippen LogP contribution >= 0.6 is 22.9 Å². The Kier molecular flexibility index (Phi) is 3.64. The van der Waals surface area contributed by atoms with Crippen molar-refractivity contribution in [2.75, 3.05) is 18.1 Å². The van der Waals surface area contributed by atoms with Crippen LogP contribution in [0.4, 0.5) is 10.5 Å². The van der Waals surface area contributed by atoms with Crippen molar-refractivity contribution in [3.8, 4) is 11.5 Å². The molecule has 1 spiro atoms. The third-order valence-corrected chi connectivity index (χ3v) is 7.07. The van der Waals surface area contributed by atoms with Gasteiger partial charge in [0.05, 0.1) is 23.2 Å². The first kappa shape index (κ1) is 17.2. The van der Waals surface area contributed by atoms with Gasteiger partial charge in [-0.3, -0.25) is 4.90 Å². The zero-order valence-electron chi connectivity index (χ0n) is 15.4. The number of nitrogens with one attached hydrogen (secondary N) is 1. The number of hydrogen-bond donors (Lipinski definition) is 1. The van der Waals surface area contributed by atoms with Gasteiger partial charge in [0.15, 0.2) is 0 Å². The predicted molar refractivity (Wildman–Crippen MR) is 112 cm³/mol. The molecule has 6 rings (SSSR count). The van der Waals surface area contributed by atoms with Crippen molar-refractivity contribution in [2.24, 2.45) is 0 Å². The van der Waals surface area contributed by atoms with Crippen molar-refractivity contribution in [3.63, 3.8) is 0 Å². The summed E-state index contributed by atoms with van der Waals surface area (Å²) in [6.45, 7) is 1.53. The number of benzene rings is 2. The second-order valence-electron chi connectivity index (χ2n) is 7.49. The number of anilines is 1. The van der Waals surface area contributed by atoms with E-state index >= 15 is 0 Å². The van der Waals surface area contributed by atoms with Gasteiger partial charge in [-0.15, -0.1) is 11.3 Å². The molecule has 0 bridgehead atoms. The molecule has 1 aromatic heterocycles. The van der Waals surface area contributed by atoms with E-state index in [0.717, 1.165) is 49.5 Å². The zero-order valence-corrected chi connectivity index (χ0v) is 17.0. The van der Waals surface area contributed by atoms with Crippen LogP contribution in [0.1, 0.15) is 21.6 Å². The van der Waals surface area contributed by atoms with E-state index in [1.807, 2.05) is 36.4 Å². The molecule has 4 heterocycles. The first-order valence-electron chi connectivity index (χ1n) is 9.50. The molecule has 0 fully saturated rings. The van der Waals surface area contributed by atoms with E-state index in [0.29, 0.717) is 19.8 Å². The summed E-state index contributed by atoms with van der Waals surface area (Å²) in [5.74, 6) is 1.66. The van der Waals surface area contributed by atoms with E-state index < -0.39 is 5.54 Å². The first-order chi connectivity index (χ1) is 14.1. The Morgan fingerprint density at radius 2 is 2.00 bits per heavy atom. The van der Waals surface area contributed by atoms with Crippen molar-refractivity contribution in [3.05, 3.63) is 74.4 Å². The minimum atomic E-state index is -0.690. The van der Waals surface area contributed by atoms with Crippen molar-refractivity contribution >= 4 is 34.7 Å². The van der Waals surface area contributed by atoms with E-state index in [9.17, 15) is 4.79 Å². The number of urea groups is 1. The molecule has 2 aromatic carbocycles. The standard InChI is InChI=1S/C22H17ClN2O3S/c23-20-6-5-14(29-20)11-25-17-4-2-1-3-15(17)22(24-21(25)26)12-28-19-10-18-13(7-8-27-18)9-16(19)22/h1-6,9-10H,7-8,11-12H2,(H,24,26). The summed E-state index contributed by atoms with van der Waals surface area (Å²) in [5, 5.41) is 3.27. The number of fused-ring (bicyclic) bond motifs is 5. The number of amides is 2. The Hall–Kier alpha value is -2.70. The number of thiophene rings is 1. The summed E-state index contributed by atoms with van der Waals surface area (Å²) in [5.41, 5.74) is 3.41. The molecular weight excluding hydrogens is 408 g/mol. The van der Waals surface area contributed by atoms with Crippen molar-refractivity contribution in [1.29, 1.82) is 0 Å². The van der Waals surface area contributed by atoms with E-state index in [-0.39, 0.29) is 6.03 Å². The molecule has 0 aliphatic carbocycles. The van der Waals surface area contributed by atoms with Crippen LogP contribution in [0.25, 0.3) is 0 Å². The van der Waals surface area contributed by atoms with Crippen molar-refractivity contribution in [1.82, 2.24) is 5.32 Å². The van der Waals surface area contributed by atoms with Gasteiger partial charge in [-0.25, -0.2) is 4.79 Å². The zero-order chi connectivity index (χ0) is 19.6. The molecule has 2 amide bonds. The molecule has 5 nitrogen and oxygen atoms in total. The van der Waals surface area contributed by atoms with Crippen LogP contribution < -0.4 is 19.7 Å². The average Bonchev–Trinajstić information content (AvgIpc) is 3.43. The summed E-state index contributed by atoms with van der Waals surface area (Å²) in [6, 6.07) is 15.8. The SMILES string of the molecule is O=C1NC2(COc3cc4c(cc32)CCO4)c2ccccc2N1Cc1ccc(Cl)s1. The minimum absolute atomic E-state index is 0.138. The lowest BCUT2D eigenvalue weighted by Gasteiger charge is -2.41. The molecule has 1 unspecified atom stereocenters. The molecule has 0 saturated heterocycles. The molecule has 1 atom stereocenters. The number of para-hydroxylation sites is 1. The molecule has 29 heavy (non-hydrogen) atoms. The second-order valence-corrected chi connectivity index (χ2v) is 9.29. The molecule has 0 radical (unpaired) electrons. The fourth-order valence-electron chi connectivity index (χ4n) is 4.50. The monoisotopic (exact) mass is 424 g/mol. The Balaban J connectivity index is 1.48. The highest BCUT2D eigenvalue weighted by Crippen LogP contribution is 2.49. The number of carbonyl (C=O) groups is 1. The number of carbonyl (C=O) groups excluding carboxylic acids is 1. The van der Waals surface area contributed by atoms with Crippen LogP contribution in [-0.2, 0) is 18.5 Å². The third kappa shape index (κ3) is 2.49. The lowest BCUT2D eigenvalue weighted by Crippen LogP contribution is -2.57. The first-order valence-corrected chi connectivity index (χ1v) is 10.7. The van der Waals surface area contributed by atoms with E-state index in [4.69, 9.17) is 21.1 Å². The van der Waals surface area contributed by atoms with Crippen LogP contribution in [0.3, 0.4) is 0 Å². The van der Waals surface area contributed by atoms with Gasteiger partial charge in [0, 0.05) is 28.5 Å². The highest BCUT2D eigenvalue weighted by Gasteiger charge is 2.50. The summed E-state index contributed by atoms with van der Waals surface area (Å²) in [6.07, 6.45) is 0.875. The van der Waals surface area contributed by atoms with E-state index in [2.05, 4.69) is 17.4 Å². The molecule has 1 N–H and O–H groups in total. The van der Waals surface area contributed by atoms with E-state index in [1.165, 1.54) is 11.3 Å². The van der Waals surface area contributed by atoms with Crippen LogP contribution in [0.2, 0.25) is 4.34 Å². The molecule has 146 valence electrons. The van der Waals surface area contributed by atoms with Crippen LogP contribution in [0.15, 0.2) is 48.5 Å². The minimum Gasteiger partial charge on any atom is -0.493 e. The van der Waals surface area contributed by atoms with Gasteiger partial charge in [-0.05, 0) is 29.8 Å². The Bertz CT molecular complexity index is 1160. The summed E-state index contributed by atoms with van der Waals surface area (Å²) < 4.78 is 12.5. The van der Waals surface area contributed by atoms with Crippen LogP contribution in [0.5, 0.6) is 11.5 Å². The van der Waals surface area contributed by atoms with Gasteiger partial charge in [-0.1, -0.05) is 29.8 Å². The molecule has 3 aromatic rings. The molecular formula is C22H17ClN2O3S. The predicted octanol–water partition coefficient (Wildman–Crippen LogP) is 4.70. The summed E-state index contributed by atoms with van der Waals surface area (Å²) in [7, 11) is 0. The quantitative estimate of drug-likeness (QED) is 0.648. The van der Waals surface area contributed by atoms with Crippen LogP contribution in [-0.4, -0.2) is 19.2 Å². The maximum atomic E-state index is 13.3. The van der Waals surface area contributed by atoms with Gasteiger partial charge < -0.3 is 14.8 Å². The van der Waals surface area contributed by atoms with Gasteiger partial charge in [-0.2, -0.15) is 0 Å². The number of rotatable bonds is 2. The third-order valence-electron chi connectivity index (χ3n) is 5.86. The molecule has 3 aliphatic rings. The normalized spacial score (nSPS) is 21.3. The van der Waals surface area contributed by atoms with Gasteiger partial charge >= 0.3 is 6.03 Å². The number of hydrogen-bond acceptors (Lipinski definition) is 4.